The minimum Gasteiger partial charge on any atom is -0.453 e. The van der Waals surface area contributed by atoms with Crippen molar-refractivity contribution in [3.63, 3.8) is 0 Å². The van der Waals surface area contributed by atoms with Crippen LogP contribution in [0.3, 0.4) is 0 Å². The Hall–Kier alpha value is 0.800. The first-order chi connectivity index (χ1) is 9.65. The first-order valence-electron chi connectivity index (χ1n) is 7.74. The van der Waals surface area contributed by atoms with Crippen molar-refractivity contribution in [2.75, 3.05) is 40.0 Å². The van der Waals surface area contributed by atoms with Crippen molar-refractivity contribution in [3.8, 4) is 0 Å². The Kier molecular flexibility index (Phi) is 24.2. The van der Waals surface area contributed by atoms with Gasteiger partial charge >= 0.3 is 21.4 Å². The summed E-state index contributed by atoms with van der Waals surface area (Å²) < 4.78 is 25.6. The van der Waals surface area contributed by atoms with E-state index in [4.69, 9.17) is 13.7 Å². The van der Waals surface area contributed by atoms with Crippen LogP contribution in [0.2, 0.25) is 40.9 Å². The predicted octanol–water partition coefficient (Wildman–Crippen LogP) is 5.01. The Balaban J connectivity index is -0.000000112. The summed E-state index contributed by atoms with van der Waals surface area (Å²) in [5.74, 6) is 0. The lowest BCUT2D eigenvalue weighted by atomic mass is 9.58. The molecule has 0 aromatic rings. The first-order valence-corrected chi connectivity index (χ1v) is 13.5. The van der Waals surface area contributed by atoms with E-state index in [1.54, 1.807) is 20.0 Å². The fourth-order valence-electron chi connectivity index (χ4n) is 0.906. The van der Waals surface area contributed by atoms with E-state index in [1.807, 2.05) is 20.5 Å². The van der Waals surface area contributed by atoms with Gasteiger partial charge in [0.15, 0.2) is 0 Å². The molecule has 1 aliphatic heterocycles. The summed E-state index contributed by atoms with van der Waals surface area (Å²) in [4.78, 5) is 0. The molecule has 0 spiro atoms. The Morgan fingerprint density at radius 2 is 0.870 bits per heavy atom. The van der Waals surface area contributed by atoms with Crippen LogP contribution in [0.25, 0.3) is 0 Å². The van der Waals surface area contributed by atoms with E-state index in [2.05, 4.69) is 40.5 Å². The third-order valence-corrected chi connectivity index (χ3v) is 1.15. The molecule has 4 nitrogen and oxygen atoms in total. The molecule has 0 atom stereocenters. The lowest BCUT2D eigenvalue weighted by Gasteiger charge is -2.25. The second-order valence-electron chi connectivity index (χ2n) is 7.07. The molecule has 0 N–H and O–H groups in total. The van der Waals surface area contributed by atoms with Gasteiger partial charge in [-0.1, -0.05) is 27.9 Å². The molecular weight excluding hydrogens is 325 g/mol. The van der Waals surface area contributed by atoms with Crippen LogP contribution in [0.1, 0.15) is 7.43 Å². The molecule has 0 unspecified atom stereocenters. The molecule has 0 aromatic carbocycles. The van der Waals surface area contributed by atoms with Gasteiger partial charge in [0.05, 0.1) is 7.14 Å². The molecule has 0 bridgehead atoms. The number of rotatable bonds is 0. The van der Waals surface area contributed by atoms with Crippen molar-refractivity contribution in [3.05, 3.63) is 0 Å². The van der Waals surface area contributed by atoms with Gasteiger partial charge in [0.1, 0.15) is 6.71 Å². The standard InChI is InChI=1S/C3H9B3O3.C3H9B.C3H9OP.C3H9P.CH4/c1-4-7-5(2)9-6(3)8-4;1-4(2)3;1-5(2,3)4;1-4(2)3;/h1-3H3;1-3H3;1-3H3;1-3H3;1H4. The van der Waals surface area contributed by atoms with Gasteiger partial charge in [-0.25, -0.2) is 0 Å². The summed E-state index contributed by atoms with van der Waals surface area (Å²) in [7, 11) is -1.67. The molecule has 0 aliphatic carbocycles. The van der Waals surface area contributed by atoms with Crippen molar-refractivity contribution in [2.45, 2.75) is 48.4 Å². The summed E-state index contributed by atoms with van der Waals surface area (Å²) in [5.41, 5.74) is 0. The van der Waals surface area contributed by atoms with Gasteiger partial charge in [0.25, 0.3) is 0 Å². The Labute approximate surface area is 150 Å². The molecule has 138 valence electrons. The largest absolute Gasteiger partial charge is 0.453 e. The Morgan fingerprint density at radius 1 is 0.783 bits per heavy atom. The van der Waals surface area contributed by atoms with Crippen LogP contribution in [0, 0.1) is 0 Å². The molecule has 1 saturated heterocycles. The molecule has 1 heterocycles. The van der Waals surface area contributed by atoms with Crippen molar-refractivity contribution in [2.24, 2.45) is 0 Å². The zero-order valence-corrected chi connectivity index (χ0v) is 18.6. The molecule has 0 amide bonds. The molecular formula is C13H40B4O4P2. The van der Waals surface area contributed by atoms with Crippen molar-refractivity contribution in [1.82, 2.24) is 0 Å². The van der Waals surface area contributed by atoms with Crippen LogP contribution >= 0.6 is 15.1 Å². The molecule has 1 aliphatic rings. The number of hydrogen-bond donors (Lipinski definition) is 0. The third-order valence-electron chi connectivity index (χ3n) is 1.15. The first kappa shape index (κ1) is 31.6. The summed E-state index contributed by atoms with van der Waals surface area (Å²) in [6.07, 6.45) is 0. The Morgan fingerprint density at radius 3 is 0.957 bits per heavy atom. The molecule has 1 rings (SSSR count). The van der Waals surface area contributed by atoms with Crippen LogP contribution in [0.5, 0.6) is 0 Å². The molecule has 0 aromatic heterocycles. The predicted molar refractivity (Wildman–Crippen MR) is 118 cm³/mol. The van der Waals surface area contributed by atoms with E-state index in [9.17, 15) is 4.57 Å². The zero-order chi connectivity index (χ0) is 18.5. The topological polar surface area (TPSA) is 44.8 Å². The lowest BCUT2D eigenvalue weighted by molar-refractivity contribution is 0.294. The zero-order valence-electron chi connectivity index (χ0n) is 16.8. The van der Waals surface area contributed by atoms with E-state index in [1.165, 1.54) is 0 Å². The fraction of sp³-hybridized carbons (Fsp3) is 1.00. The smallest absolute Gasteiger partial charge is 0.426 e. The molecule has 1 fully saturated rings. The highest BCUT2D eigenvalue weighted by Gasteiger charge is 2.31. The van der Waals surface area contributed by atoms with Gasteiger partial charge < -0.3 is 18.3 Å². The van der Waals surface area contributed by atoms with Crippen molar-refractivity contribution >= 4 is 43.1 Å². The van der Waals surface area contributed by atoms with Gasteiger partial charge in [0, 0.05) is 0 Å². The molecule has 23 heavy (non-hydrogen) atoms. The maximum Gasteiger partial charge on any atom is 0.426 e. The van der Waals surface area contributed by atoms with Crippen molar-refractivity contribution in [1.29, 1.82) is 0 Å². The van der Waals surface area contributed by atoms with Crippen LogP contribution in [0.15, 0.2) is 0 Å². The summed E-state index contributed by atoms with van der Waals surface area (Å²) in [5, 5.41) is 0. The quantitative estimate of drug-likeness (QED) is 0.447. The van der Waals surface area contributed by atoms with Gasteiger partial charge in [-0.05, 0) is 60.5 Å². The molecule has 10 heteroatoms. The normalized spacial score (nSPS) is 13.5. The van der Waals surface area contributed by atoms with E-state index in [0.717, 1.165) is 6.71 Å². The Bertz CT molecular complexity index is 246. The van der Waals surface area contributed by atoms with Crippen LogP contribution in [-0.4, -0.2) is 68.1 Å². The van der Waals surface area contributed by atoms with E-state index < -0.39 is 7.14 Å². The van der Waals surface area contributed by atoms with E-state index in [0.29, 0.717) is 7.92 Å². The maximum atomic E-state index is 10.2. The number of hydrogen-bond acceptors (Lipinski definition) is 4. The monoisotopic (exact) mass is 366 g/mol. The van der Waals surface area contributed by atoms with E-state index in [-0.39, 0.29) is 28.8 Å². The highest BCUT2D eigenvalue weighted by atomic mass is 31.2. The lowest BCUT2D eigenvalue weighted by Crippen LogP contribution is -2.44. The summed E-state index contributed by atoms with van der Waals surface area (Å²) >= 11 is 0. The van der Waals surface area contributed by atoms with Gasteiger partial charge in [-0.3, -0.25) is 0 Å². The average Bonchev–Trinajstić information content (AvgIpc) is 2.08. The van der Waals surface area contributed by atoms with Crippen LogP contribution in [0.4, 0.5) is 0 Å². The SMILES string of the molecule is C.CB(C)C.CB1OB(C)OB(C)O1.CP(C)(C)=O.CP(C)C. The fourth-order valence-corrected chi connectivity index (χ4v) is 0.906. The van der Waals surface area contributed by atoms with Crippen molar-refractivity contribution < 1.29 is 18.3 Å². The van der Waals surface area contributed by atoms with Gasteiger partial charge in [-0.2, -0.15) is 0 Å². The highest BCUT2D eigenvalue weighted by Crippen LogP contribution is 2.28. The van der Waals surface area contributed by atoms with Gasteiger partial charge in [0.2, 0.25) is 0 Å². The molecule has 0 saturated carbocycles. The van der Waals surface area contributed by atoms with Crippen LogP contribution < -0.4 is 0 Å². The second kappa shape index (κ2) is 17.6. The maximum absolute atomic E-state index is 10.2. The highest BCUT2D eigenvalue weighted by molar-refractivity contribution is 7.61. The minimum absolute atomic E-state index is 0. The van der Waals surface area contributed by atoms with E-state index >= 15 is 0 Å². The van der Waals surface area contributed by atoms with Gasteiger partial charge in [-0.15, -0.1) is 7.92 Å². The second-order valence-corrected chi connectivity index (χ2v) is 13.5. The van der Waals surface area contributed by atoms with Crippen LogP contribution in [-0.2, 0) is 18.3 Å². The molecule has 0 radical (unpaired) electrons. The summed E-state index contributed by atoms with van der Waals surface area (Å²) in [6.45, 7) is 24.8. The minimum atomic E-state index is -1.64. The third kappa shape index (κ3) is 60.2. The summed E-state index contributed by atoms with van der Waals surface area (Å²) in [6, 6.07) is 0. The average molecular weight is 366 g/mol.